The van der Waals surface area contributed by atoms with Crippen LogP contribution >= 0.6 is 0 Å². The molecule has 0 saturated carbocycles. The second-order valence-electron chi connectivity index (χ2n) is 5.92. The fraction of sp³-hybridized carbons (Fsp3) is 0.444. The molecule has 1 aromatic carbocycles. The average Bonchev–Trinajstić information content (AvgIpc) is 2.59. The summed E-state index contributed by atoms with van der Waals surface area (Å²) in [6.45, 7) is 3.02. The van der Waals surface area contributed by atoms with Gasteiger partial charge >= 0.3 is 0 Å². The lowest BCUT2D eigenvalue weighted by Gasteiger charge is -2.37. The van der Waals surface area contributed by atoms with Gasteiger partial charge < -0.3 is 15.3 Å². The largest absolute Gasteiger partial charge is 0.390 e. The van der Waals surface area contributed by atoms with Crippen molar-refractivity contribution >= 4 is 17.9 Å². The van der Waals surface area contributed by atoms with Gasteiger partial charge in [0.25, 0.3) is 0 Å². The molecule has 1 aliphatic rings. The first-order valence-corrected chi connectivity index (χ1v) is 8.03. The van der Waals surface area contributed by atoms with Gasteiger partial charge in [0.15, 0.2) is 0 Å². The Hall–Kier alpha value is -2.14. The third-order valence-electron chi connectivity index (χ3n) is 4.35. The zero-order chi connectivity index (χ0) is 16.7. The molecule has 0 aromatic heterocycles. The molecule has 5 heteroatoms. The first-order valence-electron chi connectivity index (χ1n) is 8.03. The molecule has 2 rings (SSSR count). The van der Waals surface area contributed by atoms with Gasteiger partial charge in [-0.05, 0) is 30.9 Å². The highest BCUT2D eigenvalue weighted by Gasteiger charge is 2.31. The molecular weight excluding hydrogens is 292 g/mol. The number of benzene rings is 1. The molecule has 0 atom stereocenters. The molecule has 1 heterocycles. The molecule has 2 N–H and O–H groups in total. The summed E-state index contributed by atoms with van der Waals surface area (Å²) >= 11 is 0. The Kier molecular flexibility index (Phi) is 5.93. The van der Waals surface area contributed by atoms with E-state index in [1.165, 1.54) is 6.08 Å². The molecule has 23 heavy (non-hydrogen) atoms. The van der Waals surface area contributed by atoms with Crippen LogP contribution in [0, 0.1) is 0 Å². The molecule has 5 nitrogen and oxygen atoms in total. The van der Waals surface area contributed by atoms with Crippen LogP contribution in [-0.4, -0.2) is 47.1 Å². The molecule has 0 spiro atoms. The molecular formula is C18H24N2O3. The number of piperidine rings is 1. The lowest BCUT2D eigenvalue weighted by atomic mass is 9.89. The summed E-state index contributed by atoms with van der Waals surface area (Å²) in [6.07, 6.45) is 5.03. The third kappa shape index (κ3) is 5.21. The highest BCUT2D eigenvalue weighted by Crippen LogP contribution is 2.24. The number of carbonyl (C=O) groups excluding carboxylic acids is 2. The van der Waals surface area contributed by atoms with Gasteiger partial charge in [0.05, 0.1) is 12.1 Å². The maximum absolute atomic E-state index is 12.1. The highest BCUT2D eigenvalue weighted by atomic mass is 16.3. The van der Waals surface area contributed by atoms with Crippen molar-refractivity contribution in [2.45, 2.75) is 31.8 Å². The van der Waals surface area contributed by atoms with Gasteiger partial charge in [0.1, 0.15) is 0 Å². The van der Waals surface area contributed by atoms with Crippen LogP contribution in [-0.2, 0) is 9.59 Å². The van der Waals surface area contributed by atoms with Crippen molar-refractivity contribution in [2.75, 3.05) is 19.6 Å². The van der Waals surface area contributed by atoms with E-state index in [1.807, 2.05) is 37.3 Å². The number of likely N-dealkylation sites (tertiary alicyclic amines) is 1. The minimum Gasteiger partial charge on any atom is -0.390 e. The smallest absolute Gasteiger partial charge is 0.244 e. The van der Waals surface area contributed by atoms with E-state index in [0.717, 1.165) is 5.56 Å². The summed E-state index contributed by atoms with van der Waals surface area (Å²) in [7, 11) is 0. The van der Waals surface area contributed by atoms with Crippen LogP contribution in [0.3, 0.4) is 0 Å². The van der Waals surface area contributed by atoms with Crippen molar-refractivity contribution in [1.82, 2.24) is 10.2 Å². The minimum atomic E-state index is -0.640. The van der Waals surface area contributed by atoms with E-state index < -0.39 is 5.60 Å². The summed E-state index contributed by atoms with van der Waals surface area (Å²) in [5.41, 5.74) is 0.294. The van der Waals surface area contributed by atoms with Gasteiger partial charge in [-0.3, -0.25) is 9.59 Å². The molecule has 1 aliphatic heterocycles. The second kappa shape index (κ2) is 7.92. The van der Waals surface area contributed by atoms with E-state index in [-0.39, 0.29) is 18.4 Å². The average molecular weight is 316 g/mol. The van der Waals surface area contributed by atoms with E-state index in [4.69, 9.17) is 0 Å². The third-order valence-corrected chi connectivity index (χ3v) is 4.35. The van der Waals surface area contributed by atoms with Crippen LogP contribution in [0.1, 0.15) is 31.7 Å². The molecule has 0 unspecified atom stereocenters. The van der Waals surface area contributed by atoms with Gasteiger partial charge in [0, 0.05) is 19.2 Å². The maximum atomic E-state index is 12.1. The Labute approximate surface area is 137 Å². The summed E-state index contributed by atoms with van der Waals surface area (Å²) < 4.78 is 0. The topological polar surface area (TPSA) is 69.6 Å². The maximum Gasteiger partial charge on any atom is 0.244 e. The number of amides is 2. The normalized spacial score (nSPS) is 17.2. The van der Waals surface area contributed by atoms with Crippen molar-refractivity contribution in [3.8, 4) is 0 Å². The van der Waals surface area contributed by atoms with E-state index in [0.29, 0.717) is 32.4 Å². The Morgan fingerprint density at radius 1 is 1.26 bits per heavy atom. The standard InChI is InChI=1S/C18H24N2O3/c1-2-18(23)10-12-20(13-11-18)17(22)14-19-16(21)9-8-15-6-4-3-5-7-15/h3-9,23H,2,10-14H2,1H3,(H,19,21). The summed E-state index contributed by atoms with van der Waals surface area (Å²) in [5, 5.41) is 12.8. The van der Waals surface area contributed by atoms with Crippen LogP contribution < -0.4 is 5.32 Å². The van der Waals surface area contributed by atoms with Gasteiger partial charge in [-0.25, -0.2) is 0 Å². The van der Waals surface area contributed by atoms with E-state index in [2.05, 4.69) is 5.32 Å². The predicted octanol–water partition coefficient (Wildman–Crippen LogP) is 1.58. The van der Waals surface area contributed by atoms with Crippen LogP contribution in [0.5, 0.6) is 0 Å². The summed E-state index contributed by atoms with van der Waals surface area (Å²) in [4.78, 5) is 25.5. The van der Waals surface area contributed by atoms with Crippen molar-refractivity contribution in [1.29, 1.82) is 0 Å². The fourth-order valence-electron chi connectivity index (χ4n) is 2.60. The predicted molar refractivity (Wildman–Crippen MR) is 89.5 cm³/mol. The summed E-state index contributed by atoms with van der Waals surface area (Å²) in [5.74, 6) is -0.395. The Morgan fingerprint density at radius 2 is 1.91 bits per heavy atom. The molecule has 124 valence electrons. The lowest BCUT2D eigenvalue weighted by molar-refractivity contribution is -0.136. The number of carbonyl (C=O) groups is 2. The molecule has 0 radical (unpaired) electrons. The minimum absolute atomic E-state index is 0.0114. The molecule has 1 aromatic rings. The lowest BCUT2D eigenvalue weighted by Crippen LogP contribution is -2.49. The Balaban J connectivity index is 1.74. The van der Waals surface area contributed by atoms with Gasteiger partial charge in [-0.1, -0.05) is 37.3 Å². The first-order chi connectivity index (χ1) is 11.0. The fourth-order valence-corrected chi connectivity index (χ4v) is 2.60. The van der Waals surface area contributed by atoms with Crippen molar-refractivity contribution in [3.63, 3.8) is 0 Å². The number of hydrogen-bond acceptors (Lipinski definition) is 3. The molecule has 1 fully saturated rings. The number of hydrogen-bond donors (Lipinski definition) is 2. The number of aliphatic hydroxyl groups is 1. The van der Waals surface area contributed by atoms with E-state index >= 15 is 0 Å². The monoisotopic (exact) mass is 316 g/mol. The van der Waals surface area contributed by atoms with E-state index in [9.17, 15) is 14.7 Å². The number of nitrogens with zero attached hydrogens (tertiary/aromatic N) is 1. The zero-order valence-corrected chi connectivity index (χ0v) is 13.5. The molecule has 1 saturated heterocycles. The number of nitrogens with one attached hydrogen (secondary N) is 1. The van der Waals surface area contributed by atoms with Gasteiger partial charge in [-0.2, -0.15) is 0 Å². The quantitative estimate of drug-likeness (QED) is 0.810. The highest BCUT2D eigenvalue weighted by molar-refractivity contribution is 5.94. The Morgan fingerprint density at radius 3 is 2.52 bits per heavy atom. The molecule has 0 bridgehead atoms. The van der Waals surface area contributed by atoms with E-state index in [1.54, 1.807) is 11.0 Å². The zero-order valence-electron chi connectivity index (χ0n) is 13.5. The SMILES string of the molecule is CCC1(O)CCN(C(=O)CNC(=O)C=Cc2ccccc2)CC1. The van der Waals surface area contributed by atoms with Crippen molar-refractivity contribution in [3.05, 3.63) is 42.0 Å². The second-order valence-corrected chi connectivity index (χ2v) is 5.92. The van der Waals surface area contributed by atoms with Crippen LogP contribution in [0.25, 0.3) is 6.08 Å². The van der Waals surface area contributed by atoms with Crippen LogP contribution in [0.15, 0.2) is 36.4 Å². The first kappa shape index (κ1) is 17.2. The molecule has 0 aliphatic carbocycles. The van der Waals surface area contributed by atoms with Gasteiger partial charge in [0.2, 0.25) is 11.8 Å². The van der Waals surface area contributed by atoms with Crippen LogP contribution in [0.4, 0.5) is 0 Å². The van der Waals surface area contributed by atoms with Crippen molar-refractivity contribution in [2.24, 2.45) is 0 Å². The Bertz CT molecular complexity index is 561. The van der Waals surface area contributed by atoms with Crippen LogP contribution in [0.2, 0.25) is 0 Å². The summed E-state index contributed by atoms with van der Waals surface area (Å²) in [6, 6.07) is 9.51. The number of rotatable bonds is 5. The molecule has 2 amide bonds. The van der Waals surface area contributed by atoms with Crippen molar-refractivity contribution < 1.29 is 14.7 Å². The van der Waals surface area contributed by atoms with Gasteiger partial charge in [-0.15, -0.1) is 0 Å².